The summed E-state index contributed by atoms with van der Waals surface area (Å²) in [6, 6.07) is 7.71. The van der Waals surface area contributed by atoms with Crippen molar-refractivity contribution in [2.24, 2.45) is 0 Å². The monoisotopic (exact) mass is 345 g/mol. The summed E-state index contributed by atoms with van der Waals surface area (Å²) in [4.78, 5) is 11.2. The molecular weight excluding hydrogens is 337 g/mol. The van der Waals surface area contributed by atoms with Gasteiger partial charge in [0.25, 0.3) is 0 Å². The summed E-state index contributed by atoms with van der Waals surface area (Å²) < 4.78 is 5.51. The molecule has 0 spiro atoms. The normalized spacial score (nSPS) is 10.4. The third-order valence-electron chi connectivity index (χ3n) is 2.75. The number of carboxylic acids is 1. The highest BCUT2D eigenvalue weighted by Gasteiger charge is 2.15. The van der Waals surface area contributed by atoms with Gasteiger partial charge in [-0.2, -0.15) is 0 Å². The summed E-state index contributed by atoms with van der Waals surface area (Å²) >= 11 is 17.7. The van der Waals surface area contributed by atoms with E-state index in [1.54, 1.807) is 12.1 Å². The fourth-order valence-corrected chi connectivity index (χ4v) is 2.36. The summed E-state index contributed by atoms with van der Waals surface area (Å²) in [6.07, 6.45) is 0. The van der Waals surface area contributed by atoms with Gasteiger partial charge in [0.15, 0.2) is 0 Å². The minimum Gasteiger partial charge on any atom is -0.487 e. The minimum atomic E-state index is -1.12. The first kappa shape index (κ1) is 15.8. The van der Waals surface area contributed by atoms with Gasteiger partial charge >= 0.3 is 5.97 Å². The van der Waals surface area contributed by atoms with Crippen LogP contribution in [0.3, 0.4) is 0 Å². The highest BCUT2D eigenvalue weighted by molar-refractivity contribution is 6.43. The van der Waals surface area contributed by atoms with Crippen LogP contribution in [0.1, 0.15) is 15.9 Å². The number of benzene rings is 2. The minimum absolute atomic E-state index is 0.00804. The highest BCUT2D eigenvalue weighted by atomic mass is 35.5. The number of halogens is 3. The molecule has 4 nitrogen and oxygen atoms in total. The summed E-state index contributed by atoms with van der Waals surface area (Å²) in [5, 5.41) is 10.1. The number of aromatic carboxylic acids is 1. The molecule has 0 aliphatic carbocycles. The van der Waals surface area contributed by atoms with E-state index in [0.717, 1.165) is 0 Å². The van der Waals surface area contributed by atoms with Crippen molar-refractivity contribution in [2.45, 2.75) is 6.61 Å². The van der Waals surface area contributed by atoms with Gasteiger partial charge in [-0.05, 0) is 12.1 Å². The van der Waals surface area contributed by atoms with Crippen LogP contribution in [0.15, 0.2) is 30.3 Å². The molecule has 0 amide bonds. The predicted molar refractivity (Wildman–Crippen MR) is 83.6 cm³/mol. The first-order valence-corrected chi connectivity index (χ1v) is 6.91. The number of hydrogen-bond acceptors (Lipinski definition) is 3. The lowest BCUT2D eigenvalue weighted by atomic mass is 10.1. The smallest absolute Gasteiger partial charge is 0.338 e. The SMILES string of the molecule is Nc1cccc(COc2cc(Cl)c(Cl)cc2Cl)c1C(=O)O. The van der Waals surface area contributed by atoms with E-state index in [-0.39, 0.29) is 22.9 Å². The standard InChI is InChI=1S/C14H10Cl3NO3/c15-8-4-10(17)12(5-9(8)16)21-6-7-2-1-3-11(18)13(7)14(19)20/h1-5H,6,18H2,(H,19,20). The molecular formula is C14H10Cl3NO3. The Kier molecular flexibility index (Phi) is 4.83. The van der Waals surface area contributed by atoms with E-state index in [1.165, 1.54) is 18.2 Å². The summed E-state index contributed by atoms with van der Waals surface area (Å²) in [6.45, 7) is -0.00957. The highest BCUT2D eigenvalue weighted by Crippen LogP contribution is 2.34. The number of hydrogen-bond donors (Lipinski definition) is 2. The van der Waals surface area contributed by atoms with E-state index >= 15 is 0 Å². The van der Waals surface area contributed by atoms with Crippen LogP contribution in [-0.2, 0) is 6.61 Å². The Morgan fingerprint density at radius 2 is 1.81 bits per heavy atom. The molecule has 2 aromatic carbocycles. The van der Waals surface area contributed by atoms with Gasteiger partial charge in [-0.1, -0.05) is 46.9 Å². The molecule has 3 N–H and O–H groups in total. The Morgan fingerprint density at radius 1 is 1.14 bits per heavy atom. The molecule has 0 aliphatic rings. The number of carboxylic acid groups (broad SMARTS) is 1. The lowest BCUT2D eigenvalue weighted by molar-refractivity contribution is 0.0695. The van der Waals surface area contributed by atoms with Crippen molar-refractivity contribution < 1.29 is 14.6 Å². The van der Waals surface area contributed by atoms with E-state index in [0.29, 0.717) is 21.4 Å². The zero-order chi connectivity index (χ0) is 15.6. The molecule has 0 aliphatic heterocycles. The molecule has 7 heteroatoms. The number of nitrogen functional groups attached to an aromatic ring is 1. The molecule has 0 saturated heterocycles. The molecule has 0 aromatic heterocycles. The van der Waals surface area contributed by atoms with Crippen LogP contribution in [0.4, 0.5) is 5.69 Å². The molecule has 21 heavy (non-hydrogen) atoms. The summed E-state index contributed by atoms with van der Waals surface area (Å²) in [5.41, 5.74) is 6.28. The topological polar surface area (TPSA) is 72.5 Å². The Bertz CT molecular complexity index is 704. The van der Waals surface area contributed by atoms with Gasteiger partial charge < -0.3 is 15.6 Å². The van der Waals surface area contributed by atoms with Gasteiger partial charge in [0, 0.05) is 17.3 Å². The lowest BCUT2D eigenvalue weighted by Gasteiger charge is -2.12. The fourth-order valence-electron chi connectivity index (χ4n) is 1.77. The molecule has 0 heterocycles. The number of anilines is 1. The average molecular weight is 347 g/mol. The Labute approximate surface area is 136 Å². The van der Waals surface area contributed by atoms with Crippen molar-refractivity contribution >= 4 is 46.5 Å². The Balaban J connectivity index is 2.27. The van der Waals surface area contributed by atoms with E-state index in [1.807, 2.05) is 0 Å². The molecule has 0 bridgehead atoms. The zero-order valence-corrected chi connectivity index (χ0v) is 12.8. The second kappa shape index (κ2) is 6.43. The zero-order valence-electron chi connectivity index (χ0n) is 10.6. The second-order valence-corrected chi connectivity index (χ2v) is 5.39. The van der Waals surface area contributed by atoms with Crippen LogP contribution in [0.5, 0.6) is 5.75 Å². The van der Waals surface area contributed by atoms with E-state index in [4.69, 9.17) is 45.3 Å². The Hall–Kier alpha value is -1.62. The van der Waals surface area contributed by atoms with Crippen LogP contribution in [0, 0.1) is 0 Å². The van der Waals surface area contributed by atoms with Gasteiger partial charge in [0.1, 0.15) is 12.4 Å². The van der Waals surface area contributed by atoms with Crippen LogP contribution < -0.4 is 10.5 Å². The third-order valence-corrected chi connectivity index (χ3v) is 3.77. The van der Waals surface area contributed by atoms with Crippen molar-refractivity contribution in [3.05, 3.63) is 56.5 Å². The number of carbonyl (C=O) groups is 1. The summed E-state index contributed by atoms with van der Waals surface area (Å²) in [7, 11) is 0. The third kappa shape index (κ3) is 3.53. The number of ether oxygens (including phenoxy) is 1. The van der Waals surface area contributed by atoms with Crippen molar-refractivity contribution in [3.8, 4) is 5.75 Å². The maximum Gasteiger partial charge on any atom is 0.338 e. The fraction of sp³-hybridized carbons (Fsp3) is 0.0714. The van der Waals surface area contributed by atoms with Crippen LogP contribution in [0.25, 0.3) is 0 Å². The predicted octanol–water partition coefficient (Wildman–Crippen LogP) is 4.51. The first-order chi connectivity index (χ1) is 9.90. The van der Waals surface area contributed by atoms with Gasteiger partial charge in [-0.25, -0.2) is 4.79 Å². The molecule has 110 valence electrons. The molecule has 0 fully saturated rings. The van der Waals surface area contributed by atoms with E-state index in [9.17, 15) is 9.90 Å². The lowest BCUT2D eigenvalue weighted by Crippen LogP contribution is -2.09. The number of nitrogens with two attached hydrogens (primary N) is 1. The quantitative estimate of drug-likeness (QED) is 0.631. The summed E-state index contributed by atoms with van der Waals surface area (Å²) in [5.74, 6) is -0.809. The average Bonchev–Trinajstić information content (AvgIpc) is 2.41. The van der Waals surface area contributed by atoms with Crippen molar-refractivity contribution in [2.75, 3.05) is 5.73 Å². The van der Waals surface area contributed by atoms with E-state index in [2.05, 4.69) is 0 Å². The number of rotatable bonds is 4. The first-order valence-electron chi connectivity index (χ1n) is 5.78. The van der Waals surface area contributed by atoms with Gasteiger partial charge in [-0.15, -0.1) is 0 Å². The maximum atomic E-state index is 11.2. The van der Waals surface area contributed by atoms with E-state index < -0.39 is 5.97 Å². The molecule has 0 radical (unpaired) electrons. The van der Waals surface area contributed by atoms with Crippen LogP contribution >= 0.6 is 34.8 Å². The van der Waals surface area contributed by atoms with Gasteiger partial charge in [0.05, 0.1) is 20.6 Å². The van der Waals surface area contributed by atoms with Crippen molar-refractivity contribution in [3.63, 3.8) is 0 Å². The van der Waals surface area contributed by atoms with Gasteiger partial charge in [0.2, 0.25) is 0 Å². The van der Waals surface area contributed by atoms with Crippen LogP contribution in [-0.4, -0.2) is 11.1 Å². The maximum absolute atomic E-state index is 11.2. The molecule has 0 atom stereocenters. The largest absolute Gasteiger partial charge is 0.487 e. The van der Waals surface area contributed by atoms with Crippen molar-refractivity contribution in [1.82, 2.24) is 0 Å². The molecule has 2 rings (SSSR count). The Morgan fingerprint density at radius 3 is 2.48 bits per heavy atom. The molecule has 2 aromatic rings. The van der Waals surface area contributed by atoms with Crippen LogP contribution in [0.2, 0.25) is 15.1 Å². The molecule has 0 unspecified atom stereocenters. The molecule has 0 saturated carbocycles. The second-order valence-electron chi connectivity index (χ2n) is 4.17. The van der Waals surface area contributed by atoms with Crippen molar-refractivity contribution in [1.29, 1.82) is 0 Å². The van der Waals surface area contributed by atoms with Gasteiger partial charge in [-0.3, -0.25) is 0 Å².